The Hall–Kier alpha value is -2.85. The number of carbonyl (C=O) groups is 1. The molecule has 4 atom stereocenters. The number of nitrogens with one attached hydrogen (secondary N) is 1. The van der Waals surface area contributed by atoms with E-state index < -0.39 is 22.2 Å². The fraction of sp³-hybridized carbons (Fsp3) is 0.469. The van der Waals surface area contributed by atoms with Crippen LogP contribution in [-0.4, -0.2) is 62.6 Å². The fourth-order valence-electron chi connectivity index (χ4n) is 7.10. The van der Waals surface area contributed by atoms with Crippen molar-refractivity contribution in [3.63, 3.8) is 0 Å². The van der Waals surface area contributed by atoms with Crippen molar-refractivity contribution in [3.8, 4) is 5.75 Å². The van der Waals surface area contributed by atoms with Gasteiger partial charge in [0, 0.05) is 42.2 Å². The summed E-state index contributed by atoms with van der Waals surface area (Å²) in [7, 11) is -4.12. The van der Waals surface area contributed by atoms with Crippen LogP contribution in [0.3, 0.4) is 0 Å². The van der Waals surface area contributed by atoms with Gasteiger partial charge in [0.1, 0.15) is 5.75 Å². The van der Waals surface area contributed by atoms with Crippen LogP contribution in [0.4, 0.5) is 5.69 Å². The van der Waals surface area contributed by atoms with Crippen LogP contribution in [0.2, 0.25) is 5.02 Å². The second-order valence-electron chi connectivity index (χ2n) is 12.1. The predicted octanol–water partition coefficient (Wildman–Crippen LogP) is 4.62. The third kappa shape index (κ3) is 5.60. The number of fused-ring (bicyclic) bond motifs is 4. The predicted molar refractivity (Wildman–Crippen MR) is 164 cm³/mol. The van der Waals surface area contributed by atoms with E-state index in [1.807, 2.05) is 12.1 Å². The minimum atomic E-state index is -4.12. The molecule has 224 valence electrons. The van der Waals surface area contributed by atoms with Gasteiger partial charge in [0.15, 0.2) is 0 Å². The normalized spacial score (nSPS) is 30.1. The summed E-state index contributed by atoms with van der Waals surface area (Å²) in [6.07, 6.45) is 9.79. The third-order valence-corrected chi connectivity index (χ3v) is 11.1. The van der Waals surface area contributed by atoms with E-state index in [-0.39, 0.29) is 35.9 Å². The van der Waals surface area contributed by atoms with E-state index in [2.05, 4.69) is 28.3 Å². The molecule has 1 spiro atoms. The number of benzene rings is 2. The van der Waals surface area contributed by atoms with Crippen LogP contribution in [0, 0.1) is 11.8 Å². The van der Waals surface area contributed by atoms with E-state index >= 15 is 0 Å². The second-order valence-corrected chi connectivity index (χ2v) is 14.2. The van der Waals surface area contributed by atoms with Gasteiger partial charge in [-0.05, 0) is 91.8 Å². The van der Waals surface area contributed by atoms with Crippen LogP contribution >= 0.6 is 11.6 Å². The summed E-state index contributed by atoms with van der Waals surface area (Å²) in [5.41, 5.74) is 3.23. The monoisotopic (exact) mass is 611 g/mol. The molecule has 0 saturated heterocycles. The molecule has 1 amide bonds. The van der Waals surface area contributed by atoms with Crippen LogP contribution in [0.15, 0.2) is 61.2 Å². The molecule has 0 radical (unpaired) electrons. The number of nitrogens with zero attached hydrogens (tertiary/aromatic N) is 2. The smallest absolute Gasteiger partial charge is 0.304 e. The van der Waals surface area contributed by atoms with Gasteiger partial charge in [-0.25, -0.2) is 4.72 Å². The number of carbonyl (C=O) groups excluding carboxylic acids is 1. The first kappa shape index (κ1) is 29.2. The highest BCUT2D eigenvalue weighted by Gasteiger charge is 2.44. The average Bonchev–Trinajstić information content (AvgIpc) is 3.09. The van der Waals surface area contributed by atoms with E-state index in [0.29, 0.717) is 31.9 Å². The van der Waals surface area contributed by atoms with Crippen molar-refractivity contribution < 1.29 is 23.1 Å². The van der Waals surface area contributed by atoms with E-state index in [9.17, 15) is 18.3 Å². The number of ether oxygens (including phenoxy) is 1. The maximum Gasteiger partial charge on any atom is 0.304 e. The summed E-state index contributed by atoms with van der Waals surface area (Å²) in [5, 5.41) is 11.8. The molecule has 1 saturated carbocycles. The molecule has 2 bridgehead atoms. The minimum Gasteiger partial charge on any atom is -0.490 e. The van der Waals surface area contributed by atoms with Crippen LogP contribution in [-0.2, 0) is 22.0 Å². The van der Waals surface area contributed by atoms with Crippen molar-refractivity contribution in [1.29, 1.82) is 0 Å². The molecular weight excluding hydrogens is 574 g/mol. The van der Waals surface area contributed by atoms with Gasteiger partial charge in [-0.1, -0.05) is 35.9 Å². The molecule has 2 heterocycles. The Morgan fingerprint density at radius 1 is 1.21 bits per heavy atom. The Balaban J connectivity index is 1.41. The van der Waals surface area contributed by atoms with Crippen molar-refractivity contribution in [2.24, 2.45) is 11.8 Å². The van der Waals surface area contributed by atoms with E-state index in [1.165, 1.54) is 21.5 Å². The first-order valence-electron chi connectivity index (χ1n) is 14.8. The quantitative estimate of drug-likeness (QED) is 0.481. The topological polar surface area (TPSA) is 99.2 Å². The SMILES string of the molecule is C=CCN1CC/C=C/[C@H](O)[C@@H]2CC[C@H]2CN2C[C@@]3(CCCc4cc(Cl)ccc43)COc3ccc(cc32)C(=O)NS1(=O)=O. The number of aliphatic hydroxyl groups excluding tert-OH is 1. The van der Waals surface area contributed by atoms with E-state index in [1.54, 1.807) is 24.3 Å². The summed E-state index contributed by atoms with van der Waals surface area (Å²) < 4.78 is 36.3. The number of hydrogen-bond acceptors (Lipinski definition) is 6. The van der Waals surface area contributed by atoms with Gasteiger partial charge in [-0.15, -0.1) is 6.58 Å². The molecule has 8 nitrogen and oxygen atoms in total. The van der Waals surface area contributed by atoms with Crippen LogP contribution in [0.1, 0.15) is 53.6 Å². The number of aryl methyl sites for hydroxylation is 1. The molecule has 2 N–H and O–H groups in total. The van der Waals surface area contributed by atoms with E-state index in [0.717, 1.165) is 42.8 Å². The zero-order chi connectivity index (χ0) is 29.5. The number of aliphatic hydroxyl groups is 1. The molecule has 2 aliphatic carbocycles. The maximum absolute atomic E-state index is 13.3. The number of anilines is 1. The highest BCUT2D eigenvalue weighted by Crippen LogP contribution is 2.46. The Kier molecular flexibility index (Phi) is 8.13. The summed E-state index contributed by atoms with van der Waals surface area (Å²) in [4.78, 5) is 15.7. The highest BCUT2D eigenvalue weighted by atomic mass is 35.5. The fourth-order valence-corrected chi connectivity index (χ4v) is 8.42. The van der Waals surface area contributed by atoms with Gasteiger partial charge < -0.3 is 14.7 Å². The van der Waals surface area contributed by atoms with Crippen LogP contribution in [0.25, 0.3) is 0 Å². The first-order valence-corrected chi connectivity index (χ1v) is 16.6. The highest BCUT2D eigenvalue weighted by molar-refractivity contribution is 7.87. The molecule has 6 rings (SSSR count). The zero-order valence-corrected chi connectivity index (χ0v) is 25.2. The Labute approximate surface area is 253 Å². The molecule has 2 aromatic carbocycles. The Morgan fingerprint density at radius 2 is 2.07 bits per heavy atom. The van der Waals surface area contributed by atoms with Crippen molar-refractivity contribution >= 4 is 33.4 Å². The minimum absolute atomic E-state index is 0.0598. The standard InChI is InChI=1S/C32H38ClN3O5S/c1-2-15-36-16-4-3-7-29(37)26-11-8-24(26)19-35-20-32(14-5-6-22-17-25(33)10-12-27(22)32)21-41-30-13-9-23(18-28(30)35)31(38)34-42(36,39)40/h2-3,7,9-10,12-13,17-18,24,26,29,37H,1,4-6,8,11,14-16,19-21H2,(H,34,38)/b7-3+/t24-,26+,29-,32-/m0/s1. The van der Waals surface area contributed by atoms with Crippen molar-refractivity contribution in [2.75, 3.05) is 37.7 Å². The lowest BCUT2D eigenvalue weighted by molar-refractivity contribution is 0.0456. The van der Waals surface area contributed by atoms with Gasteiger partial charge in [0.2, 0.25) is 0 Å². The Bertz CT molecular complexity index is 1510. The largest absolute Gasteiger partial charge is 0.490 e. The lowest BCUT2D eigenvalue weighted by Gasteiger charge is -2.45. The van der Waals surface area contributed by atoms with Gasteiger partial charge in [-0.3, -0.25) is 4.79 Å². The van der Waals surface area contributed by atoms with Gasteiger partial charge in [-0.2, -0.15) is 12.7 Å². The van der Waals surface area contributed by atoms with Crippen molar-refractivity contribution in [2.45, 2.75) is 50.0 Å². The lowest BCUT2D eigenvalue weighted by atomic mass is 9.68. The Morgan fingerprint density at radius 3 is 2.86 bits per heavy atom. The second kappa shape index (κ2) is 11.7. The molecule has 2 aromatic rings. The number of halogens is 1. The van der Waals surface area contributed by atoms with Crippen LogP contribution in [0.5, 0.6) is 5.75 Å². The van der Waals surface area contributed by atoms with Gasteiger partial charge >= 0.3 is 10.2 Å². The molecule has 1 fully saturated rings. The van der Waals surface area contributed by atoms with Gasteiger partial charge in [0.25, 0.3) is 5.91 Å². The summed E-state index contributed by atoms with van der Waals surface area (Å²) in [6, 6.07) is 11.3. The number of rotatable bonds is 2. The summed E-state index contributed by atoms with van der Waals surface area (Å²) >= 11 is 6.38. The third-order valence-electron chi connectivity index (χ3n) is 9.44. The molecule has 2 aliphatic heterocycles. The zero-order valence-electron chi connectivity index (χ0n) is 23.7. The maximum atomic E-state index is 13.3. The van der Waals surface area contributed by atoms with Crippen molar-refractivity contribution in [3.05, 3.63) is 82.9 Å². The summed E-state index contributed by atoms with van der Waals surface area (Å²) in [6.45, 7) is 5.76. The van der Waals surface area contributed by atoms with Crippen LogP contribution < -0.4 is 14.4 Å². The summed E-state index contributed by atoms with van der Waals surface area (Å²) in [5.74, 6) is 0.347. The van der Waals surface area contributed by atoms with Crippen molar-refractivity contribution in [1.82, 2.24) is 9.03 Å². The molecule has 10 heteroatoms. The first-order chi connectivity index (χ1) is 20.2. The average molecular weight is 612 g/mol. The van der Waals surface area contributed by atoms with Gasteiger partial charge in [0.05, 0.1) is 18.4 Å². The molecular formula is C32H38ClN3O5S. The molecule has 4 aliphatic rings. The number of amides is 1. The molecule has 0 unspecified atom stereocenters. The number of hydrogen-bond donors (Lipinski definition) is 2. The molecule has 42 heavy (non-hydrogen) atoms. The lowest BCUT2D eigenvalue weighted by Crippen LogP contribution is -2.49. The van der Waals surface area contributed by atoms with E-state index in [4.69, 9.17) is 16.3 Å². The molecule has 0 aromatic heterocycles.